The summed E-state index contributed by atoms with van der Waals surface area (Å²) in [6.07, 6.45) is 0. The third-order valence-electron chi connectivity index (χ3n) is 2.83. The Morgan fingerprint density at radius 3 is 2.91 bits per heavy atom. The fourth-order valence-corrected chi connectivity index (χ4v) is 2.46. The average molecular weight is 342 g/mol. The van der Waals surface area contributed by atoms with Gasteiger partial charge in [-0.1, -0.05) is 12.1 Å². The van der Waals surface area contributed by atoms with Crippen LogP contribution < -0.4 is 10.6 Å². The van der Waals surface area contributed by atoms with E-state index in [0.717, 1.165) is 22.0 Å². The largest absolute Gasteiger partial charge is 0.383 e. The lowest BCUT2D eigenvalue weighted by Gasteiger charge is -2.07. The first-order valence-electron chi connectivity index (χ1n) is 6.71. The maximum absolute atomic E-state index is 11.8. The van der Waals surface area contributed by atoms with Crippen LogP contribution in [-0.2, 0) is 9.53 Å². The van der Waals surface area contributed by atoms with Gasteiger partial charge in [0.15, 0.2) is 0 Å². The molecule has 0 spiro atoms. The molecule has 0 aliphatic rings. The molecule has 120 valence electrons. The first-order valence-corrected chi connectivity index (χ1v) is 7.59. The molecule has 2 aromatic rings. The van der Waals surface area contributed by atoms with Crippen molar-refractivity contribution in [3.05, 3.63) is 34.7 Å². The number of benzene rings is 1. The number of hydrogen-bond acceptors (Lipinski definition) is 5. The van der Waals surface area contributed by atoms with Crippen molar-refractivity contribution in [1.82, 2.24) is 10.3 Å². The summed E-state index contributed by atoms with van der Waals surface area (Å²) < 4.78 is 4.91. The number of anilines is 1. The van der Waals surface area contributed by atoms with E-state index < -0.39 is 0 Å². The Kier molecular flexibility index (Phi) is 8.05. The number of rotatable bonds is 7. The maximum atomic E-state index is 11.8. The minimum absolute atomic E-state index is 0. The molecule has 1 aromatic carbocycles. The predicted molar refractivity (Wildman–Crippen MR) is 92.9 cm³/mol. The van der Waals surface area contributed by atoms with Gasteiger partial charge in [-0.05, 0) is 19.1 Å². The molecular weight excluding hydrogens is 322 g/mol. The number of aromatic nitrogens is 1. The average Bonchev–Trinajstić information content (AvgIpc) is 2.91. The maximum Gasteiger partial charge on any atom is 0.238 e. The van der Waals surface area contributed by atoms with Crippen LogP contribution in [-0.4, -0.2) is 37.7 Å². The highest BCUT2D eigenvalue weighted by atomic mass is 35.5. The SMILES string of the molecule is COCCNCC(=O)Nc1cccc(-c2csc(C)n2)c1.Cl. The Balaban J connectivity index is 0.00000242. The normalized spacial score (nSPS) is 10.1. The first-order chi connectivity index (χ1) is 10.2. The quantitative estimate of drug-likeness (QED) is 0.760. The molecule has 5 nitrogen and oxygen atoms in total. The molecule has 0 aliphatic carbocycles. The summed E-state index contributed by atoms with van der Waals surface area (Å²) >= 11 is 1.61. The summed E-state index contributed by atoms with van der Waals surface area (Å²) in [5.41, 5.74) is 2.72. The molecule has 22 heavy (non-hydrogen) atoms. The van der Waals surface area contributed by atoms with Crippen molar-refractivity contribution in [1.29, 1.82) is 0 Å². The van der Waals surface area contributed by atoms with Gasteiger partial charge in [0.25, 0.3) is 0 Å². The van der Waals surface area contributed by atoms with Crippen LogP contribution >= 0.6 is 23.7 Å². The van der Waals surface area contributed by atoms with E-state index in [-0.39, 0.29) is 24.9 Å². The van der Waals surface area contributed by atoms with Crippen molar-refractivity contribution in [3.63, 3.8) is 0 Å². The highest BCUT2D eigenvalue weighted by Gasteiger charge is 2.05. The number of hydrogen-bond donors (Lipinski definition) is 2. The zero-order valence-electron chi connectivity index (χ0n) is 12.6. The van der Waals surface area contributed by atoms with Gasteiger partial charge in [0.05, 0.1) is 23.9 Å². The van der Waals surface area contributed by atoms with Gasteiger partial charge in [-0.15, -0.1) is 23.7 Å². The van der Waals surface area contributed by atoms with Gasteiger partial charge < -0.3 is 15.4 Å². The Bertz CT molecular complexity index is 604. The number of thiazole rings is 1. The standard InChI is InChI=1S/C15H19N3O2S.ClH/c1-11-17-14(10-21-11)12-4-3-5-13(8-12)18-15(19)9-16-6-7-20-2;/h3-5,8,10,16H,6-7,9H2,1-2H3,(H,18,19);1H. The van der Waals surface area contributed by atoms with Gasteiger partial charge in [-0.2, -0.15) is 0 Å². The monoisotopic (exact) mass is 341 g/mol. The Hall–Kier alpha value is -1.47. The van der Waals surface area contributed by atoms with Gasteiger partial charge in [0.1, 0.15) is 0 Å². The van der Waals surface area contributed by atoms with Crippen molar-refractivity contribution < 1.29 is 9.53 Å². The van der Waals surface area contributed by atoms with Crippen LogP contribution in [0.4, 0.5) is 5.69 Å². The molecule has 0 saturated heterocycles. The number of halogens is 1. The zero-order chi connectivity index (χ0) is 15.1. The van der Waals surface area contributed by atoms with E-state index in [0.29, 0.717) is 13.2 Å². The Labute approximate surface area is 140 Å². The summed E-state index contributed by atoms with van der Waals surface area (Å²) in [6.45, 7) is 3.49. The van der Waals surface area contributed by atoms with Gasteiger partial charge in [-0.3, -0.25) is 4.79 Å². The fourth-order valence-electron chi connectivity index (χ4n) is 1.83. The molecule has 0 fully saturated rings. The molecular formula is C15H20ClN3O2S. The molecule has 2 N–H and O–H groups in total. The molecule has 0 atom stereocenters. The van der Waals surface area contributed by atoms with Gasteiger partial charge >= 0.3 is 0 Å². The molecule has 0 bridgehead atoms. The lowest BCUT2D eigenvalue weighted by Crippen LogP contribution is -2.30. The Morgan fingerprint density at radius 1 is 1.41 bits per heavy atom. The van der Waals surface area contributed by atoms with E-state index in [1.54, 1.807) is 18.4 Å². The van der Waals surface area contributed by atoms with Crippen LogP contribution in [0, 0.1) is 6.92 Å². The predicted octanol–water partition coefficient (Wildman–Crippen LogP) is 2.71. The van der Waals surface area contributed by atoms with Crippen molar-refractivity contribution >= 4 is 35.3 Å². The van der Waals surface area contributed by atoms with Gasteiger partial charge in [0, 0.05) is 30.3 Å². The van der Waals surface area contributed by atoms with Crippen molar-refractivity contribution in [2.24, 2.45) is 0 Å². The molecule has 1 aromatic heterocycles. The van der Waals surface area contributed by atoms with Crippen molar-refractivity contribution in [2.75, 3.05) is 32.1 Å². The Morgan fingerprint density at radius 2 is 2.23 bits per heavy atom. The minimum Gasteiger partial charge on any atom is -0.383 e. The van der Waals surface area contributed by atoms with Crippen LogP contribution in [0.25, 0.3) is 11.3 Å². The molecule has 0 unspecified atom stereocenters. The van der Waals surface area contributed by atoms with E-state index in [1.165, 1.54) is 0 Å². The summed E-state index contributed by atoms with van der Waals surface area (Å²) in [5, 5.41) is 8.92. The molecule has 1 heterocycles. The second kappa shape index (κ2) is 9.53. The number of ether oxygens (including phenoxy) is 1. The second-order valence-electron chi connectivity index (χ2n) is 4.55. The van der Waals surface area contributed by atoms with Crippen LogP contribution in [0.3, 0.4) is 0 Å². The molecule has 1 amide bonds. The summed E-state index contributed by atoms with van der Waals surface area (Å²) in [5.74, 6) is -0.0716. The molecule has 2 rings (SSSR count). The second-order valence-corrected chi connectivity index (χ2v) is 5.61. The highest BCUT2D eigenvalue weighted by Crippen LogP contribution is 2.24. The number of carbonyl (C=O) groups excluding carboxylic acids is 1. The summed E-state index contributed by atoms with van der Waals surface area (Å²) in [7, 11) is 1.63. The molecule has 0 radical (unpaired) electrons. The number of methoxy groups -OCH3 is 1. The lowest BCUT2D eigenvalue weighted by atomic mass is 10.1. The smallest absolute Gasteiger partial charge is 0.238 e. The first kappa shape index (κ1) is 18.6. The number of nitrogens with one attached hydrogen (secondary N) is 2. The number of nitrogens with zero attached hydrogens (tertiary/aromatic N) is 1. The zero-order valence-corrected chi connectivity index (χ0v) is 14.2. The fraction of sp³-hybridized carbons (Fsp3) is 0.333. The van der Waals surface area contributed by atoms with E-state index >= 15 is 0 Å². The molecule has 7 heteroatoms. The number of amides is 1. The van der Waals surface area contributed by atoms with Crippen LogP contribution in [0.2, 0.25) is 0 Å². The highest BCUT2D eigenvalue weighted by molar-refractivity contribution is 7.09. The molecule has 0 saturated carbocycles. The van der Waals surface area contributed by atoms with Gasteiger partial charge in [0.2, 0.25) is 5.91 Å². The lowest BCUT2D eigenvalue weighted by molar-refractivity contribution is -0.115. The summed E-state index contributed by atoms with van der Waals surface area (Å²) in [4.78, 5) is 16.3. The third-order valence-corrected chi connectivity index (χ3v) is 3.60. The third kappa shape index (κ3) is 5.73. The van der Waals surface area contributed by atoms with Crippen molar-refractivity contribution in [2.45, 2.75) is 6.92 Å². The van der Waals surface area contributed by atoms with Crippen LogP contribution in [0.5, 0.6) is 0 Å². The van der Waals surface area contributed by atoms with Gasteiger partial charge in [-0.25, -0.2) is 4.98 Å². The number of carbonyl (C=O) groups is 1. The van der Waals surface area contributed by atoms with Crippen LogP contribution in [0.15, 0.2) is 29.6 Å². The van der Waals surface area contributed by atoms with E-state index in [4.69, 9.17) is 4.74 Å². The minimum atomic E-state index is -0.0716. The van der Waals surface area contributed by atoms with Crippen molar-refractivity contribution in [3.8, 4) is 11.3 Å². The van der Waals surface area contributed by atoms with E-state index in [1.807, 2.05) is 36.6 Å². The number of aryl methyl sites for hydroxylation is 1. The van der Waals surface area contributed by atoms with Crippen LogP contribution in [0.1, 0.15) is 5.01 Å². The van der Waals surface area contributed by atoms with E-state index in [2.05, 4.69) is 15.6 Å². The summed E-state index contributed by atoms with van der Waals surface area (Å²) in [6, 6.07) is 7.70. The topological polar surface area (TPSA) is 63.2 Å². The molecule has 0 aliphatic heterocycles. The van der Waals surface area contributed by atoms with E-state index in [9.17, 15) is 4.79 Å².